The first-order valence-electron chi connectivity index (χ1n) is 4.50. The summed E-state index contributed by atoms with van der Waals surface area (Å²) >= 11 is 0. The van der Waals surface area contributed by atoms with Gasteiger partial charge in [0.05, 0.1) is 19.4 Å². The molecule has 0 atom stereocenters. The third kappa shape index (κ3) is 4.72. The summed E-state index contributed by atoms with van der Waals surface area (Å²) in [4.78, 5) is 0. The minimum absolute atomic E-state index is 0.0521. The lowest BCUT2D eigenvalue weighted by molar-refractivity contribution is -0.0817. The van der Waals surface area contributed by atoms with Crippen molar-refractivity contribution in [2.45, 2.75) is 12.8 Å². The standard InChI is InChI=1S/C11H11F3O2/c1-15-10-4-2-9(3-5-10)8-16-7-6-11(12,13)14/h2-7H,8H2,1H3. The van der Waals surface area contributed by atoms with Gasteiger partial charge in [-0.15, -0.1) is 0 Å². The zero-order valence-electron chi connectivity index (χ0n) is 8.62. The minimum atomic E-state index is -4.33. The van der Waals surface area contributed by atoms with Crippen LogP contribution in [0.25, 0.3) is 0 Å². The fraction of sp³-hybridized carbons (Fsp3) is 0.273. The summed E-state index contributed by atoms with van der Waals surface area (Å²) < 4.78 is 44.8. The van der Waals surface area contributed by atoms with Gasteiger partial charge in [-0.05, 0) is 17.7 Å². The Morgan fingerprint density at radius 3 is 2.31 bits per heavy atom. The monoisotopic (exact) mass is 232 g/mol. The second-order valence-electron chi connectivity index (χ2n) is 3.00. The molecular formula is C11H11F3O2. The molecule has 1 rings (SSSR count). The van der Waals surface area contributed by atoms with E-state index in [1.54, 1.807) is 24.3 Å². The molecule has 0 unspecified atom stereocenters. The van der Waals surface area contributed by atoms with Crippen LogP contribution >= 0.6 is 0 Å². The molecule has 0 radical (unpaired) electrons. The highest BCUT2D eigenvalue weighted by Gasteiger charge is 2.22. The van der Waals surface area contributed by atoms with E-state index in [-0.39, 0.29) is 12.7 Å². The van der Waals surface area contributed by atoms with E-state index in [0.717, 1.165) is 5.56 Å². The van der Waals surface area contributed by atoms with E-state index in [4.69, 9.17) is 9.47 Å². The minimum Gasteiger partial charge on any atom is -0.497 e. The molecule has 1 aromatic rings. The van der Waals surface area contributed by atoms with Gasteiger partial charge in [-0.3, -0.25) is 0 Å². The van der Waals surface area contributed by atoms with Crippen molar-refractivity contribution in [3.63, 3.8) is 0 Å². The second-order valence-corrected chi connectivity index (χ2v) is 3.00. The van der Waals surface area contributed by atoms with Crippen molar-refractivity contribution in [2.24, 2.45) is 0 Å². The number of halogens is 3. The van der Waals surface area contributed by atoms with Crippen LogP contribution in [-0.4, -0.2) is 13.3 Å². The summed E-state index contributed by atoms with van der Waals surface area (Å²) in [6, 6.07) is 6.87. The lowest BCUT2D eigenvalue weighted by atomic mass is 10.2. The van der Waals surface area contributed by atoms with E-state index >= 15 is 0 Å². The Hall–Kier alpha value is -1.65. The lowest BCUT2D eigenvalue weighted by Gasteiger charge is -2.03. The largest absolute Gasteiger partial charge is 0.497 e. The van der Waals surface area contributed by atoms with E-state index in [1.165, 1.54) is 7.11 Å². The number of methoxy groups -OCH3 is 1. The first-order valence-corrected chi connectivity index (χ1v) is 4.50. The number of hydrogen-bond donors (Lipinski definition) is 0. The Morgan fingerprint density at radius 2 is 1.81 bits per heavy atom. The van der Waals surface area contributed by atoms with Crippen LogP contribution in [0.4, 0.5) is 13.2 Å². The van der Waals surface area contributed by atoms with Gasteiger partial charge in [0.2, 0.25) is 0 Å². The Kier molecular flexibility index (Phi) is 4.22. The molecule has 1 aromatic carbocycles. The van der Waals surface area contributed by atoms with Crippen molar-refractivity contribution in [3.8, 4) is 5.75 Å². The molecule has 0 saturated heterocycles. The molecule has 0 amide bonds. The van der Waals surface area contributed by atoms with Crippen LogP contribution in [0.3, 0.4) is 0 Å². The summed E-state index contributed by atoms with van der Waals surface area (Å²) in [6.07, 6.45) is -3.64. The van der Waals surface area contributed by atoms with Crippen molar-refractivity contribution in [1.29, 1.82) is 0 Å². The lowest BCUT2D eigenvalue weighted by Crippen LogP contribution is -2.01. The molecule has 16 heavy (non-hydrogen) atoms. The first kappa shape index (κ1) is 12.4. The molecule has 0 fully saturated rings. The van der Waals surface area contributed by atoms with Crippen molar-refractivity contribution in [3.05, 3.63) is 42.2 Å². The molecule has 0 aromatic heterocycles. The maximum absolute atomic E-state index is 11.7. The fourth-order valence-corrected chi connectivity index (χ4v) is 0.991. The molecule has 0 bridgehead atoms. The van der Waals surface area contributed by atoms with Crippen molar-refractivity contribution < 1.29 is 22.6 Å². The highest BCUT2D eigenvalue weighted by atomic mass is 19.4. The predicted molar refractivity (Wildman–Crippen MR) is 53.0 cm³/mol. The number of hydrogen-bond acceptors (Lipinski definition) is 2. The average molecular weight is 232 g/mol. The zero-order valence-corrected chi connectivity index (χ0v) is 8.62. The predicted octanol–water partition coefficient (Wildman–Crippen LogP) is 3.29. The first-order chi connectivity index (χ1) is 7.51. The van der Waals surface area contributed by atoms with Crippen LogP contribution < -0.4 is 4.74 Å². The van der Waals surface area contributed by atoms with Crippen LogP contribution in [0.15, 0.2) is 36.6 Å². The topological polar surface area (TPSA) is 18.5 Å². The summed E-state index contributed by atoms with van der Waals surface area (Å²) in [5.41, 5.74) is 0.771. The highest BCUT2D eigenvalue weighted by molar-refractivity contribution is 5.26. The van der Waals surface area contributed by atoms with Gasteiger partial charge < -0.3 is 9.47 Å². The molecule has 0 spiro atoms. The zero-order chi connectivity index (χ0) is 12.0. The maximum Gasteiger partial charge on any atom is 0.412 e. The van der Waals surface area contributed by atoms with Gasteiger partial charge in [0.15, 0.2) is 0 Å². The van der Waals surface area contributed by atoms with Crippen LogP contribution in [0, 0.1) is 0 Å². The number of allylic oxidation sites excluding steroid dienone is 1. The fourth-order valence-electron chi connectivity index (χ4n) is 0.991. The Balaban J connectivity index is 2.40. The number of benzene rings is 1. The molecule has 0 N–H and O–H groups in total. The molecule has 0 saturated carbocycles. The van der Waals surface area contributed by atoms with Gasteiger partial charge in [0, 0.05) is 0 Å². The quantitative estimate of drug-likeness (QED) is 0.741. The van der Waals surface area contributed by atoms with E-state index in [0.29, 0.717) is 12.0 Å². The Bertz CT molecular complexity index is 341. The van der Waals surface area contributed by atoms with Crippen LogP contribution in [0.2, 0.25) is 0 Å². The van der Waals surface area contributed by atoms with Crippen LogP contribution in [-0.2, 0) is 11.3 Å². The van der Waals surface area contributed by atoms with E-state index in [1.807, 2.05) is 0 Å². The average Bonchev–Trinajstić information content (AvgIpc) is 2.24. The third-order valence-electron chi connectivity index (χ3n) is 1.76. The number of ether oxygens (including phenoxy) is 2. The van der Waals surface area contributed by atoms with Gasteiger partial charge in [0.25, 0.3) is 0 Å². The summed E-state index contributed by atoms with van der Waals surface area (Å²) in [7, 11) is 1.54. The van der Waals surface area contributed by atoms with Gasteiger partial charge >= 0.3 is 6.18 Å². The van der Waals surface area contributed by atoms with E-state index < -0.39 is 6.18 Å². The molecule has 0 aliphatic heterocycles. The molecular weight excluding hydrogens is 221 g/mol. The van der Waals surface area contributed by atoms with Gasteiger partial charge in [-0.2, -0.15) is 13.2 Å². The maximum atomic E-state index is 11.7. The highest BCUT2D eigenvalue weighted by Crippen LogP contribution is 2.16. The Labute approximate surface area is 91.3 Å². The molecule has 0 aliphatic carbocycles. The van der Waals surface area contributed by atoms with Crippen molar-refractivity contribution in [1.82, 2.24) is 0 Å². The van der Waals surface area contributed by atoms with Crippen molar-refractivity contribution in [2.75, 3.05) is 7.11 Å². The van der Waals surface area contributed by atoms with Crippen molar-refractivity contribution >= 4 is 0 Å². The molecule has 0 heterocycles. The SMILES string of the molecule is COc1ccc(COC=CC(F)(F)F)cc1. The normalized spacial score (nSPS) is 11.8. The van der Waals surface area contributed by atoms with Crippen LogP contribution in [0.1, 0.15) is 5.56 Å². The summed E-state index contributed by atoms with van der Waals surface area (Å²) in [5.74, 6) is 0.689. The number of alkyl halides is 3. The smallest absolute Gasteiger partial charge is 0.412 e. The number of rotatable bonds is 4. The molecule has 0 aliphatic rings. The van der Waals surface area contributed by atoms with E-state index in [2.05, 4.69) is 0 Å². The Morgan fingerprint density at radius 1 is 1.19 bits per heavy atom. The molecule has 2 nitrogen and oxygen atoms in total. The van der Waals surface area contributed by atoms with Gasteiger partial charge in [-0.1, -0.05) is 12.1 Å². The second kappa shape index (κ2) is 5.44. The van der Waals surface area contributed by atoms with Gasteiger partial charge in [0.1, 0.15) is 12.4 Å². The van der Waals surface area contributed by atoms with E-state index in [9.17, 15) is 13.2 Å². The van der Waals surface area contributed by atoms with Gasteiger partial charge in [-0.25, -0.2) is 0 Å². The summed E-state index contributed by atoms with van der Waals surface area (Å²) in [6.45, 7) is 0.0938. The molecule has 88 valence electrons. The van der Waals surface area contributed by atoms with Crippen LogP contribution in [0.5, 0.6) is 5.75 Å². The molecule has 5 heteroatoms. The summed E-state index contributed by atoms with van der Waals surface area (Å²) in [5, 5.41) is 0. The third-order valence-corrected chi connectivity index (χ3v) is 1.76.